The Kier molecular flexibility index (Phi) is 3.25. The van der Waals surface area contributed by atoms with E-state index in [1.807, 2.05) is 37.4 Å². The van der Waals surface area contributed by atoms with Crippen molar-refractivity contribution in [2.75, 3.05) is 0 Å². The summed E-state index contributed by atoms with van der Waals surface area (Å²) in [5.41, 5.74) is 2.82. The molecule has 0 atom stereocenters. The fourth-order valence-corrected chi connectivity index (χ4v) is 2.04. The van der Waals surface area contributed by atoms with Crippen LogP contribution in [0.1, 0.15) is 23.0 Å². The summed E-state index contributed by atoms with van der Waals surface area (Å²) < 4.78 is 1.80. The monoisotopic (exact) mass is 266 g/mol. The molecule has 0 bridgehead atoms. The third-order valence-corrected chi connectivity index (χ3v) is 3.11. The lowest BCUT2D eigenvalue weighted by molar-refractivity contribution is 0.0988. The van der Waals surface area contributed by atoms with Crippen LogP contribution in [0.3, 0.4) is 0 Å². The van der Waals surface area contributed by atoms with Gasteiger partial charge in [-0.2, -0.15) is 5.10 Å². The zero-order chi connectivity index (χ0) is 13.9. The van der Waals surface area contributed by atoms with Crippen LogP contribution in [0.5, 0.6) is 0 Å². The van der Waals surface area contributed by atoms with Crippen molar-refractivity contribution in [3.05, 3.63) is 54.1 Å². The van der Waals surface area contributed by atoms with Gasteiger partial charge in [0.05, 0.1) is 23.4 Å². The van der Waals surface area contributed by atoms with Crippen molar-refractivity contribution < 1.29 is 4.79 Å². The largest absolute Gasteiger partial charge is 0.292 e. The summed E-state index contributed by atoms with van der Waals surface area (Å²) in [5.74, 6) is -0.0427. The van der Waals surface area contributed by atoms with Crippen LogP contribution in [0.25, 0.3) is 11.0 Å². The Morgan fingerprint density at radius 1 is 1.20 bits per heavy atom. The molecule has 0 unspecified atom stereocenters. The molecular weight excluding hydrogens is 252 g/mol. The van der Waals surface area contributed by atoms with Crippen LogP contribution in [0.4, 0.5) is 0 Å². The van der Waals surface area contributed by atoms with Crippen LogP contribution < -0.4 is 0 Å². The predicted octanol–water partition coefficient (Wildman–Crippen LogP) is 2.27. The molecule has 3 aromatic rings. The number of rotatable bonds is 4. The molecule has 5 heteroatoms. The van der Waals surface area contributed by atoms with E-state index in [0.717, 1.165) is 23.1 Å². The minimum absolute atomic E-state index is 0.0427. The lowest BCUT2D eigenvalue weighted by Gasteiger charge is -2.00. The van der Waals surface area contributed by atoms with E-state index in [1.54, 1.807) is 10.9 Å². The number of carbonyl (C=O) groups excluding carboxylic acids is 1. The average molecular weight is 266 g/mol. The molecule has 1 aromatic carbocycles. The smallest absolute Gasteiger partial charge is 0.187 e. The van der Waals surface area contributed by atoms with Crippen LogP contribution in [0.15, 0.2) is 42.9 Å². The summed E-state index contributed by atoms with van der Waals surface area (Å²) in [7, 11) is 0. The molecule has 0 spiro atoms. The highest BCUT2D eigenvalue weighted by atomic mass is 16.1. The van der Waals surface area contributed by atoms with Gasteiger partial charge >= 0.3 is 0 Å². The maximum absolute atomic E-state index is 12.2. The highest BCUT2D eigenvalue weighted by Crippen LogP contribution is 2.10. The van der Waals surface area contributed by atoms with Crippen molar-refractivity contribution >= 4 is 16.8 Å². The number of hydrogen-bond acceptors (Lipinski definition) is 4. The SMILES string of the molecule is CCn1cc(CC(=O)c2cnc3ccccc3n2)cn1. The van der Waals surface area contributed by atoms with Crippen LogP contribution in [0, 0.1) is 0 Å². The Labute approximate surface area is 116 Å². The van der Waals surface area contributed by atoms with Gasteiger partial charge < -0.3 is 0 Å². The third-order valence-electron chi connectivity index (χ3n) is 3.11. The van der Waals surface area contributed by atoms with Crippen molar-refractivity contribution in [1.29, 1.82) is 0 Å². The second kappa shape index (κ2) is 5.21. The molecule has 0 radical (unpaired) electrons. The molecule has 0 fully saturated rings. The molecule has 20 heavy (non-hydrogen) atoms. The van der Waals surface area contributed by atoms with Crippen molar-refractivity contribution in [2.45, 2.75) is 19.9 Å². The Bertz CT molecular complexity index is 763. The first-order chi connectivity index (χ1) is 9.76. The lowest BCUT2D eigenvalue weighted by Crippen LogP contribution is -2.06. The number of carbonyl (C=O) groups is 1. The minimum atomic E-state index is -0.0427. The van der Waals surface area contributed by atoms with Crippen LogP contribution in [0.2, 0.25) is 0 Å². The van der Waals surface area contributed by atoms with Gasteiger partial charge in [-0.25, -0.2) is 4.98 Å². The lowest BCUT2D eigenvalue weighted by atomic mass is 10.1. The van der Waals surface area contributed by atoms with E-state index >= 15 is 0 Å². The van der Waals surface area contributed by atoms with Crippen LogP contribution in [-0.4, -0.2) is 25.5 Å². The van der Waals surface area contributed by atoms with Gasteiger partial charge in [0.25, 0.3) is 0 Å². The second-order valence-electron chi connectivity index (χ2n) is 4.55. The first kappa shape index (κ1) is 12.5. The Morgan fingerprint density at radius 3 is 2.75 bits per heavy atom. The molecule has 5 nitrogen and oxygen atoms in total. The molecular formula is C15H14N4O. The molecule has 100 valence electrons. The van der Waals surface area contributed by atoms with Crippen LogP contribution >= 0.6 is 0 Å². The van der Waals surface area contributed by atoms with Crippen molar-refractivity contribution in [3.8, 4) is 0 Å². The van der Waals surface area contributed by atoms with Gasteiger partial charge in [0.1, 0.15) is 5.69 Å². The van der Waals surface area contributed by atoms with Gasteiger partial charge in [-0.05, 0) is 24.6 Å². The van der Waals surface area contributed by atoms with Gasteiger partial charge in [-0.15, -0.1) is 0 Å². The molecule has 0 aliphatic rings. The summed E-state index contributed by atoms with van der Waals surface area (Å²) in [6.07, 6.45) is 5.43. The number of para-hydroxylation sites is 2. The van der Waals surface area contributed by atoms with Crippen molar-refractivity contribution in [2.24, 2.45) is 0 Å². The van der Waals surface area contributed by atoms with Gasteiger partial charge in [0, 0.05) is 19.2 Å². The summed E-state index contributed by atoms with van der Waals surface area (Å²) in [4.78, 5) is 20.8. The Balaban J connectivity index is 1.84. The van der Waals surface area contributed by atoms with E-state index in [9.17, 15) is 4.79 Å². The van der Waals surface area contributed by atoms with E-state index in [4.69, 9.17) is 0 Å². The Morgan fingerprint density at radius 2 is 2.00 bits per heavy atom. The zero-order valence-corrected chi connectivity index (χ0v) is 11.2. The maximum atomic E-state index is 12.2. The topological polar surface area (TPSA) is 60.7 Å². The van der Waals surface area contributed by atoms with Gasteiger partial charge in [-0.1, -0.05) is 12.1 Å². The molecule has 0 saturated carbocycles. The first-order valence-electron chi connectivity index (χ1n) is 6.52. The standard InChI is InChI=1S/C15H14N4O/c1-2-19-10-11(8-17-19)7-15(20)14-9-16-12-5-3-4-6-13(12)18-14/h3-6,8-10H,2,7H2,1H3. The van der Waals surface area contributed by atoms with E-state index < -0.39 is 0 Å². The summed E-state index contributed by atoms with van der Waals surface area (Å²) >= 11 is 0. The van der Waals surface area contributed by atoms with E-state index in [0.29, 0.717) is 12.1 Å². The zero-order valence-electron chi connectivity index (χ0n) is 11.2. The van der Waals surface area contributed by atoms with Gasteiger partial charge in [0.2, 0.25) is 0 Å². The van der Waals surface area contributed by atoms with Gasteiger partial charge in [0.15, 0.2) is 5.78 Å². The number of aryl methyl sites for hydroxylation is 1. The number of hydrogen-bond donors (Lipinski definition) is 0. The number of nitrogens with zero attached hydrogens (tertiary/aromatic N) is 4. The molecule has 2 aromatic heterocycles. The van der Waals surface area contributed by atoms with E-state index in [-0.39, 0.29) is 5.78 Å². The summed E-state index contributed by atoms with van der Waals surface area (Å²) in [5, 5.41) is 4.16. The number of ketones is 1. The number of Topliss-reactive ketones (excluding diaryl/α,β-unsaturated/α-hetero) is 1. The normalized spacial score (nSPS) is 10.8. The quantitative estimate of drug-likeness (QED) is 0.680. The molecule has 0 aliphatic carbocycles. The van der Waals surface area contributed by atoms with E-state index in [1.165, 1.54) is 6.20 Å². The molecule has 0 amide bonds. The number of benzene rings is 1. The van der Waals surface area contributed by atoms with Gasteiger partial charge in [-0.3, -0.25) is 14.5 Å². The molecule has 0 N–H and O–H groups in total. The minimum Gasteiger partial charge on any atom is -0.292 e. The third kappa shape index (κ3) is 2.42. The average Bonchev–Trinajstić information content (AvgIpc) is 2.94. The number of fused-ring (bicyclic) bond motifs is 1. The summed E-state index contributed by atoms with van der Waals surface area (Å²) in [6.45, 7) is 2.80. The van der Waals surface area contributed by atoms with Crippen molar-refractivity contribution in [3.63, 3.8) is 0 Å². The molecule has 0 aliphatic heterocycles. The van der Waals surface area contributed by atoms with E-state index in [2.05, 4.69) is 15.1 Å². The molecule has 2 heterocycles. The molecule has 0 saturated heterocycles. The maximum Gasteiger partial charge on any atom is 0.187 e. The van der Waals surface area contributed by atoms with Crippen molar-refractivity contribution in [1.82, 2.24) is 19.7 Å². The Hall–Kier alpha value is -2.56. The molecule has 3 rings (SSSR count). The summed E-state index contributed by atoms with van der Waals surface area (Å²) in [6, 6.07) is 7.52. The fraction of sp³-hybridized carbons (Fsp3) is 0.200. The number of aromatic nitrogens is 4. The fourth-order valence-electron chi connectivity index (χ4n) is 2.04. The highest BCUT2D eigenvalue weighted by Gasteiger charge is 2.11. The van der Waals surface area contributed by atoms with Crippen LogP contribution in [-0.2, 0) is 13.0 Å². The first-order valence-corrected chi connectivity index (χ1v) is 6.52. The second-order valence-corrected chi connectivity index (χ2v) is 4.55. The highest BCUT2D eigenvalue weighted by molar-refractivity contribution is 5.96. The predicted molar refractivity (Wildman–Crippen MR) is 75.5 cm³/mol.